The van der Waals surface area contributed by atoms with E-state index in [4.69, 9.17) is 9.73 Å². The number of aromatic nitrogens is 2. The molecule has 0 radical (unpaired) electrons. The molecular formula is C23H40N6O2. The van der Waals surface area contributed by atoms with Crippen LogP contribution in [0, 0.1) is 11.8 Å². The second kappa shape index (κ2) is 10.4. The summed E-state index contributed by atoms with van der Waals surface area (Å²) in [6.45, 7) is 15.2. The highest BCUT2D eigenvalue weighted by Gasteiger charge is 2.30. The summed E-state index contributed by atoms with van der Waals surface area (Å²) in [6, 6.07) is 0.400. The highest BCUT2D eigenvalue weighted by Crippen LogP contribution is 2.27. The molecule has 0 bridgehead atoms. The first-order chi connectivity index (χ1) is 14.8. The second-order valence-corrected chi connectivity index (χ2v) is 9.92. The number of carbonyl (C=O) groups is 1. The minimum Gasteiger partial charge on any atom is -0.444 e. The van der Waals surface area contributed by atoms with Crippen LogP contribution in [0.3, 0.4) is 0 Å². The molecule has 0 aromatic carbocycles. The Morgan fingerprint density at radius 1 is 1.23 bits per heavy atom. The van der Waals surface area contributed by atoms with E-state index in [9.17, 15) is 4.79 Å². The van der Waals surface area contributed by atoms with E-state index < -0.39 is 5.60 Å². The molecule has 8 heteroatoms. The van der Waals surface area contributed by atoms with Gasteiger partial charge in [0.2, 0.25) is 0 Å². The zero-order chi connectivity index (χ0) is 22.4. The first-order valence-corrected chi connectivity index (χ1v) is 11.8. The molecule has 3 atom stereocenters. The number of rotatable bonds is 4. The Kier molecular flexibility index (Phi) is 7.84. The highest BCUT2D eigenvalue weighted by molar-refractivity contribution is 5.80. The van der Waals surface area contributed by atoms with Gasteiger partial charge in [-0.3, -0.25) is 4.99 Å². The van der Waals surface area contributed by atoms with Crippen LogP contribution in [0.15, 0.2) is 23.7 Å². The van der Waals surface area contributed by atoms with Crippen LogP contribution in [0.5, 0.6) is 0 Å². The minimum absolute atomic E-state index is 0.207. The number of hydrogen-bond acceptors (Lipinski definition) is 4. The fourth-order valence-corrected chi connectivity index (χ4v) is 4.44. The fourth-order valence-electron chi connectivity index (χ4n) is 4.44. The van der Waals surface area contributed by atoms with Crippen LogP contribution in [0.4, 0.5) is 4.79 Å². The first-order valence-electron chi connectivity index (χ1n) is 11.8. The van der Waals surface area contributed by atoms with Gasteiger partial charge in [0, 0.05) is 51.7 Å². The molecule has 8 nitrogen and oxygen atoms in total. The number of imidazole rings is 1. The van der Waals surface area contributed by atoms with E-state index in [1.807, 2.05) is 38.2 Å². The quantitative estimate of drug-likeness (QED) is 0.583. The summed E-state index contributed by atoms with van der Waals surface area (Å²) < 4.78 is 7.79. The molecule has 2 aliphatic rings. The highest BCUT2D eigenvalue weighted by atomic mass is 16.6. The average molecular weight is 433 g/mol. The number of aliphatic imine (C=N–C) groups is 1. The van der Waals surface area contributed by atoms with Gasteiger partial charge in [-0.05, 0) is 58.8 Å². The molecule has 3 unspecified atom stereocenters. The normalized spacial score (nSPS) is 25.5. The number of nitrogens with zero attached hydrogens (tertiary/aromatic N) is 5. The van der Waals surface area contributed by atoms with E-state index in [2.05, 4.69) is 39.8 Å². The van der Waals surface area contributed by atoms with Crippen molar-refractivity contribution >= 4 is 12.1 Å². The zero-order valence-corrected chi connectivity index (χ0v) is 19.9. The topological polar surface area (TPSA) is 75.0 Å². The zero-order valence-electron chi connectivity index (χ0n) is 19.9. The van der Waals surface area contributed by atoms with Crippen LogP contribution in [0.25, 0.3) is 0 Å². The van der Waals surface area contributed by atoms with Gasteiger partial charge in [-0.25, -0.2) is 9.78 Å². The number of amides is 1. The van der Waals surface area contributed by atoms with Crippen LogP contribution in [-0.2, 0) is 4.74 Å². The fraction of sp³-hybridized carbons (Fsp3) is 0.783. The van der Waals surface area contributed by atoms with Gasteiger partial charge in [0.1, 0.15) is 5.60 Å². The average Bonchev–Trinajstić information content (AvgIpc) is 3.25. The van der Waals surface area contributed by atoms with Crippen molar-refractivity contribution in [2.45, 2.75) is 65.5 Å². The van der Waals surface area contributed by atoms with Crippen molar-refractivity contribution in [1.82, 2.24) is 24.7 Å². The number of piperidine rings is 2. The lowest BCUT2D eigenvalue weighted by Gasteiger charge is -2.39. The molecule has 3 rings (SSSR count). The van der Waals surface area contributed by atoms with Gasteiger partial charge in [-0.1, -0.05) is 6.92 Å². The second-order valence-electron chi connectivity index (χ2n) is 9.92. The number of likely N-dealkylation sites (tertiary alicyclic amines) is 2. The SMILES string of the molecule is CCNC(=NCC1CCCN(C(=O)OC(C)(C)C)C1)N1CCC(C)C(n2ccnc2)C1. The van der Waals surface area contributed by atoms with E-state index in [0.717, 1.165) is 57.9 Å². The maximum absolute atomic E-state index is 12.5. The molecule has 174 valence electrons. The Bertz CT molecular complexity index is 727. The molecular weight excluding hydrogens is 392 g/mol. The first kappa shape index (κ1) is 23.4. The number of guanidine groups is 1. The molecule has 0 saturated carbocycles. The van der Waals surface area contributed by atoms with E-state index in [0.29, 0.717) is 24.4 Å². The predicted molar refractivity (Wildman–Crippen MR) is 123 cm³/mol. The lowest BCUT2D eigenvalue weighted by atomic mass is 9.93. The Morgan fingerprint density at radius 2 is 2.03 bits per heavy atom. The largest absolute Gasteiger partial charge is 0.444 e. The Hall–Kier alpha value is -2.25. The number of nitrogens with one attached hydrogen (secondary N) is 1. The van der Waals surface area contributed by atoms with Crippen LogP contribution in [0.1, 0.15) is 59.9 Å². The summed E-state index contributed by atoms with van der Waals surface area (Å²) in [5, 5.41) is 3.48. The molecule has 1 aromatic rings. The van der Waals surface area contributed by atoms with Gasteiger partial charge in [-0.15, -0.1) is 0 Å². The molecule has 1 aromatic heterocycles. The van der Waals surface area contributed by atoms with Crippen molar-refractivity contribution in [2.24, 2.45) is 16.8 Å². The molecule has 3 heterocycles. The maximum atomic E-state index is 12.5. The van der Waals surface area contributed by atoms with E-state index in [1.165, 1.54) is 0 Å². The van der Waals surface area contributed by atoms with Crippen molar-refractivity contribution in [3.8, 4) is 0 Å². The third kappa shape index (κ3) is 6.61. The summed E-state index contributed by atoms with van der Waals surface area (Å²) >= 11 is 0. The van der Waals surface area contributed by atoms with Crippen LogP contribution < -0.4 is 5.32 Å². The van der Waals surface area contributed by atoms with E-state index >= 15 is 0 Å². The summed E-state index contributed by atoms with van der Waals surface area (Å²) in [6.07, 6.45) is 8.84. The third-order valence-corrected chi connectivity index (χ3v) is 6.13. The van der Waals surface area contributed by atoms with Crippen molar-refractivity contribution < 1.29 is 9.53 Å². The molecule has 1 N–H and O–H groups in total. The van der Waals surface area contributed by atoms with Gasteiger partial charge in [0.25, 0.3) is 0 Å². The lowest BCUT2D eigenvalue weighted by molar-refractivity contribution is 0.0170. The third-order valence-electron chi connectivity index (χ3n) is 6.13. The van der Waals surface area contributed by atoms with Gasteiger partial charge in [0.05, 0.1) is 12.4 Å². The van der Waals surface area contributed by atoms with E-state index in [-0.39, 0.29) is 6.09 Å². The predicted octanol–water partition coefficient (Wildman–Crippen LogP) is 3.38. The van der Waals surface area contributed by atoms with Crippen LogP contribution in [0.2, 0.25) is 0 Å². The number of ether oxygens (including phenoxy) is 1. The summed E-state index contributed by atoms with van der Waals surface area (Å²) in [4.78, 5) is 25.9. The molecule has 2 saturated heterocycles. The minimum atomic E-state index is -0.461. The smallest absolute Gasteiger partial charge is 0.410 e. The van der Waals surface area contributed by atoms with Crippen LogP contribution >= 0.6 is 0 Å². The standard InChI is InChI=1S/C23H40N6O2/c1-6-25-21(27-12-9-18(2)20(16-27)29-13-10-24-17-29)26-14-19-8-7-11-28(15-19)22(30)31-23(3,4)5/h10,13,17-20H,6-9,11-12,14-16H2,1-5H3,(H,25,26). The molecule has 0 spiro atoms. The summed E-state index contributed by atoms with van der Waals surface area (Å²) in [7, 11) is 0. The maximum Gasteiger partial charge on any atom is 0.410 e. The summed E-state index contributed by atoms with van der Waals surface area (Å²) in [5.41, 5.74) is -0.461. The molecule has 2 aliphatic heterocycles. The van der Waals surface area contributed by atoms with Gasteiger partial charge in [0.15, 0.2) is 5.96 Å². The van der Waals surface area contributed by atoms with Crippen LogP contribution in [-0.4, -0.2) is 76.3 Å². The Balaban J connectivity index is 1.62. The van der Waals surface area contributed by atoms with Crippen molar-refractivity contribution in [3.05, 3.63) is 18.7 Å². The van der Waals surface area contributed by atoms with Gasteiger partial charge in [-0.2, -0.15) is 0 Å². The lowest BCUT2D eigenvalue weighted by Crippen LogP contribution is -2.49. The van der Waals surface area contributed by atoms with Crippen molar-refractivity contribution in [2.75, 3.05) is 39.3 Å². The Labute approximate surface area is 187 Å². The van der Waals surface area contributed by atoms with E-state index in [1.54, 1.807) is 0 Å². The molecule has 1 amide bonds. The van der Waals surface area contributed by atoms with Gasteiger partial charge < -0.3 is 24.4 Å². The molecule has 0 aliphatic carbocycles. The van der Waals surface area contributed by atoms with Crippen molar-refractivity contribution in [3.63, 3.8) is 0 Å². The van der Waals surface area contributed by atoms with Gasteiger partial charge >= 0.3 is 6.09 Å². The van der Waals surface area contributed by atoms with Crippen molar-refractivity contribution in [1.29, 1.82) is 0 Å². The monoisotopic (exact) mass is 432 g/mol. The summed E-state index contributed by atoms with van der Waals surface area (Å²) in [5.74, 6) is 1.95. The molecule has 2 fully saturated rings. The number of carbonyl (C=O) groups excluding carboxylic acids is 1. The number of hydrogen-bond donors (Lipinski definition) is 1. The Morgan fingerprint density at radius 3 is 2.71 bits per heavy atom. The molecule has 31 heavy (non-hydrogen) atoms.